The van der Waals surface area contributed by atoms with Crippen LogP contribution in [0.1, 0.15) is 33.7 Å². The second-order valence-corrected chi connectivity index (χ2v) is 14.8. The predicted molar refractivity (Wildman–Crippen MR) is 218 cm³/mol. The van der Waals surface area contributed by atoms with Crippen LogP contribution < -0.4 is 0 Å². The van der Waals surface area contributed by atoms with Crippen molar-refractivity contribution in [3.05, 3.63) is 216 Å². The first-order valence-corrected chi connectivity index (χ1v) is 18.6. The van der Waals surface area contributed by atoms with E-state index in [1.165, 1.54) is 61.2 Å². The average molecular weight is 677 g/mol. The minimum absolute atomic E-state index is 0.279. The minimum atomic E-state index is -0.301. The molecule has 2 nitrogen and oxygen atoms in total. The van der Waals surface area contributed by atoms with Crippen molar-refractivity contribution >= 4 is 11.0 Å². The fraction of sp³-hybridized carbons (Fsp3) is 0.0784. The van der Waals surface area contributed by atoms with Gasteiger partial charge in [0.15, 0.2) is 0 Å². The van der Waals surface area contributed by atoms with Crippen LogP contribution in [0.15, 0.2) is 188 Å². The fourth-order valence-corrected chi connectivity index (χ4v) is 9.62. The van der Waals surface area contributed by atoms with Gasteiger partial charge in [0.25, 0.3) is 0 Å². The van der Waals surface area contributed by atoms with Gasteiger partial charge in [-0.3, -0.25) is 4.57 Å². The maximum Gasteiger partial charge on any atom is 0.145 e. The summed E-state index contributed by atoms with van der Waals surface area (Å²) in [5.41, 5.74) is 18.6. The van der Waals surface area contributed by atoms with E-state index in [2.05, 4.69) is 200 Å². The van der Waals surface area contributed by atoms with Crippen LogP contribution >= 0.6 is 0 Å². The number of rotatable bonds is 4. The van der Waals surface area contributed by atoms with Crippen LogP contribution in [0.25, 0.3) is 61.5 Å². The molecule has 1 aromatic heterocycles. The Bertz CT molecular complexity index is 2780. The zero-order chi connectivity index (χ0) is 35.1. The molecule has 3 aliphatic rings. The summed E-state index contributed by atoms with van der Waals surface area (Å²) in [6.07, 6.45) is 9.40. The lowest BCUT2D eigenvalue weighted by molar-refractivity contribution is 0.466. The highest BCUT2D eigenvalue weighted by molar-refractivity contribution is 5.90. The maximum absolute atomic E-state index is 5.12. The van der Waals surface area contributed by atoms with Crippen LogP contribution in [0.4, 0.5) is 0 Å². The second kappa shape index (κ2) is 11.5. The maximum atomic E-state index is 5.12. The molecule has 2 heteroatoms. The normalized spacial score (nSPS) is 19.0. The van der Waals surface area contributed by atoms with Gasteiger partial charge in [-0.1, -0.05) is 157 Å². The Hall–Kier alpha value is -6.51. The smallest absolute Gasteiger partial charge is 0.145 e. The summed E-state index contributed by atoms with van der Waals surface area (Å²) in [5.74, 6) is 1.55. The SMILES string of the molecule is Cc1ccc(-c2ccc3c(c2)C2(c4cc(-c5ccc(-c6nc7ccccc7n6-c6ccccc6)cc5)ccc4-3)c3ccccc3C3C=CC=CC32)cc1. The van der Waals surface area contributed by atoms with Gasteiger partial charge in [-0.05, 0) is 99.0 Å². The average Bonchev–Trinajstić information content (AvgIpc) is 3.85. The first-order chi connectivity index (χ1) is 26.2. The Labute approximate surface area is 310 Å². The van der Waals surface area contributed by atoms with Crippen molar-refractivity contribution in [3.8, 4) is 50.5 Å². The lowest BCUT2D eigenvalue weighted by Gasteiger charge is -2.36. The molecule has 250 valence electrons. The van der Waals surface area contributed by atoms with Crippen LogP contribution in [0.3, 0.4) is 0 Å². The molecule has 0 saturated heterocycles. The van der Waals surface area contributed by atoms with Crippen LogP contribution in [0.2, 0.25) is 0 Å². The Morgan fingerprint density at radius 3 is 1.83 bits per heavy atom. The quantitative estimate of drug-likeness (QED) is 0.181. The molecule has 3 unspecified atom stereocenters. The van der Waals surface area contributed by atoms with E-state index in [9.17, 15) is 0 Å². The molecule has 53 heavy (non-hydrogen) atoms. The third-order valence-corrected chi connectivity index (χ3v) is 12.0. The van der Waals surface area contributed by atoms with E-state index in [1.807, 2.05) is 0 Å². The molecule has 7 aromatic carbocycles. The molecule has 8 aromatic rings. The van der Waals surface area contributed by atoms with Gasteiger partial charge in [-0.15, -0.1) is 0 Å². The third-order valence-electron chi connectivity index (χ3n) is 12.0. The molecular formula is C51H36N2. The fourth-order valence-electron chi connectivity index (χ4n) is 9.62. The van der Waals surface area contributed by atoms with Crippen LogP contribution in [-0.2, 0) is 5.41 Å². The van der Waals surface area contributed by atoms with Gasteiger partial charge in [0.2, 0.25) is 0 Å². The first-order valence-electron chi connectivity index (χ1n) is 18.6. The van der Waals surface area contributed by atoms with Gasteiger partial charge >= 0.3 is 0 Å². The van der Waals surface area contributed by atoms with Gasteiger partial charge in [-0.25, -0.2) is 4.98 Å². The summed E-state index contributed by atoms with van der Waals surface area (Å²) in [7, 11) is 0. The molecule has 0 bridgehead atoms. The number of imidazole rings is 1. The van der Waals surface area contributed by atoms with Crippen LogP contribution in [0, 0.1) is 12.8 Å². The van der Waals surface area contributed by atoms with Crippen molar-refractivity contribution in [2.24, 2.45) is 5.92 Å². The highest BCUT2D eigenvalue weighted by Crippen LogP contribution is 2.65. The standard InChI is InChI=1S/C51H36N2/c1-33-19-21-34(22-20-33)37-27-29-42-43-30-28-38(32-47(43)51(46(42)31-37)44-15-7-5-13-40(44)41-14-6-8-16-45(41)51)35-23-25-36(26-24-35)50-52-48-17-9-10-18-49(48)53(50)39-11-3-2-4-12-39/h2-32,40,44H,1H3. The van der Waals surface area contributed by atoms with Crippen molar-refractivity contribution in [3.63, 3.8) is 0 Å². The van der Waals surface area contributed by atoms with E-state index in [0.717, 1.165) is 28.1 Å². The number of fused-ring (bicyclic) bond motifs is 11. The molecule has 0 amide bonds. The summed E-state index contributed by atoms with van der Waals surface area (Å²) >= 11 is 0. The molecule has 3 aliphatic carbocycles. The molecular weight excluding hydrogens is 641 g/mol. The number of hydrogen-bond acceptors (Lipinski definition) is 1. The molecule has 0 radical (unpaired) electrons. The topological polar surface area (TPSA) is 17.8 Å². The van der Waals surface area contributed by atoms with Crippen LogP contribution in [0.5, 0.6) is 0 Å². The van der Waals surface area contributed by atoms with E-state index in [-0.39, 0.29) is 11.3 Å². The zero-order valence-corrected chi connectivity index (χ0v) is 29.4. The predicted octanol–water partition coefficient (Wildman–Crippen LogP) is 12.5. The van der Waals surface area contributed by atoms with E-state index in [0.29, 0.717) is 5.92 Å². The molecule has 0 aliphatic heterocycles. The zero-order valence-electron chi connectivity index (χ0n) is 29.4. The highest BCUT2D eigenvalue weighted by atomic mass is 15.1. The van der Waals surface area contributed by atoms with Crippen molar-refractivity contribution < 1.29 is 0 Å². The molecule has 11 rings (SSSR count). The molecule has 1 spiro atoms. The highest BCUT2D eigenvalue weighted by Gasteiger charge is 2.57. The van der Waals surface area contributed by atoms with Crippen molar-refractivity contribution in [2.75, 3.05) is 0 Å². The number of hydrogen-bond donors (Lipinski definition) is 0. The Balaban J connectivity index is 1.07. The number of benzene rings is 7. The van der Waals surface area contributed by atoms with Gasteiger partial charge < -0.3 is 0 Å². The summed E-state index contributed by atoms with van der Waals surface area (Å²) in [6.45, 7) is 2.16. The molecule has 0 N–H and O–H groups in total. The van der Waals surface area contributed by atoms with Crippen molar-refractivity contribution in [1.29, 1.82) is 0 Å². The lowest BCUT2D eigenvalue weighted by atomic mass is 9.65. The number of allylic oxidation sites excluding steroid dienone is 4. The number of para-hydroxylation sites is 3. The lowest BCUT2D eigenvalue weighted by Crippen LogP contribution is -2.33. The number of aryl methyl sites for hydroxylation is 1. The van der Waals surface area contributed by atoms with E-state index >= 15 is 0 Å². The largest absolute Gasteiger partial charge is 0.292 e. The van der Waals surface area contributed by atoms with Crippen LogP contribution in [-0.4, -0.2) is 9.55 Å². The molecule has 3 atom stereocenters. The van der Waals surface area contributed by atoms with E-state index < -0.39 is 0 Å². The van der Waals surface area contributed by atoms with E-state index in [4.69, 9.17) is 4.98 Å². The Morgan fingerprint density at radius 2 is 1.09 bits per heavy atom. The summed E-state index contributed by atoms with van der Waals surface area (Å²) < 4.78 is 2.27. The molecule has 1 heterocycles. The second-order valence-electron chi connectivity index (χ2n) is 14.8. The minimum Gasteiger partial charge on any atom is -0.292 e. The van der Waals surface area contributed by atoms with Gasteiger partial charge in [0, 0.05) is 23.1 Å². The summed E-state index contributed by atoms with van der Waals surface area (Å²) in [6, 6.07) is 60.5. The van der Waals surface area contributed by atoms with E-state index in [1.54, 1.807) is 0 Å². The van der Waals surface area contributed by atoms with Crippen molar-refractivity contribution in [1.82, 2.24) is 9.55 Å². The van der Waals surface area contributed by atoms with Crippen molar-refractivity contribution in [2.45, 2.75) is 18.3 Å². The van der Waals surface area contributed by atoms with Gasteiger partial charge in [0.05, 0.1) is 16.4 Å². The summed E-state index contributed by atoms with van der Waals surface area (Å²) in [5, 5.41) is 0. The number of nitrogens with zero attached hydrogens (tertiary/aromatic N) is 2. The first kappa shape index (κ1) is 30.1. The monoisotopic (exact) mass is 676 g/mol. The molecule has 0 fully saturated rings. The molecule has 0 saturated carbocycles. The van der Waals surface area contributed by atoms with Gasteiger partial charge in [0.1, 0.15) is 5.82 Å². The number of aromatic nitrogens is 2. The Morgan fingerprint density at radius 1 is 0.509 bits per heavy atom. The summed E-state index contributed by atoms with van der Waals surface area (Å²) in [4.78, 5) is 5.12. The van der Waals surface area contributed by atoms with Gasteiger partial charge in [-0.2, -0.15) is 0 Å². The Kier molecular flexibility index (Phi) is 6.54. The third kappa shape index (κ3) is 4.36.